The monoisotopic (exact) mass is 672 g/mol. The number of fused-ring (bicyclic) bond motifs is 3. The van der Waals surface area contributed by atoms with Crippen LogP contribution in [0.4, 0.5) is 0 Å². The predicted octanol–water partition coefficient (Wildman–Crippen LogP) is 10.8. The van der Waals surface area contributed by atoms with Gasteiger partial charge in [0, 0.05) is 32.2 Å². The molecule has 9 rings (SSSR count). The molecule has 0 saturated heterocycles. The largest absolute Gasteiger partial charge is 0.309 e. The zero-order valence-electron chi connectivity index (χ0n) is 27.8. The van der Waals surface area contributed by atoms with Gasteiger partial charge in [0.2, 0.25) is 0 Å². The Hall–Kier alpha value is -6.28. The Bertz CT molecular complexity index is 2630. The molecule has 0 bridgehead atoms. The van der Waals surface area contributed by atoms with Crippen LogP contribution < -0.4 is 15.9 Å². The molecule has 3 nitrogen and oxygen atoms in total. The second-order valence-electron chi connectivity index (χ2n) is 12.7. The molecule has 0 radical (unpaired) electrons. The molecule has 0 aliphatic rings. The first kappa shape index (κ1) is 30.8. The molecule has 1 aromatic heterocycles. The van der Waals surface area contributed by atoms with E-state index >= 15 is 0 Å². The zero-order valence-corrected chi connectivity index (χ0v) is 28.7. The van der Waals surface area contributed by atoms with Crippen LogP contribution in [0, 0.1) is 0 Å². The fourth-order valence-corrected chi connectivity index (χ4v) is 9.85. The van der Waals surface area contributed by atoms with Crippen molar-refractivity contribution in [1.29, 1.82) is 0 Å². The minimum absolute atomic E-state index is 0.817. The van der Waals surface area contributed by atoms with Crippen molar-refractivity contribution in [3.8, 4) is 39.2 Å². The SMILES string of the molecule is O=P(c1ccccc1)(c1ccccc1)c1ccc(-c2ccc(-n3nc(-c4ccccc4)c4c(-c5ccccc5)cc5ccccc5c43)cc2)cc1. The number of rotatable bonds is 7. The number of hydrogen-bond acceptors (Lipinski definition) is 2. The van der Waals surface area contributed by atoms with Crippen molar-refractivity contribution in [2.45, 2.75) is 0 Å². The minimum Gasteiger partial charge on any atom is -0.309 e. The van der Waals surface area contributed by atoms with Gasteiger partial charge in [-0.1, -0.05) is 182 Å². The third kappa shape index (κ3) is 5.40. The van der Waals surface area contributed by atoms with Gasteiger partial charge in [0.1, 0.15) is 5.69 Å². The molecule has 51 heavy (non-hydrogen) atoms. The summed E-state index contributed by atoms with van der Waals surface area (Å²) in [6, 6.07) is 68.4. The van der Waals surface area contributed by atoms with E-state index in [4.69, 9.17) is 5.10 Å². The summed E-state index contributed by atoms with van der Waals surface area (Å²) >= 11 is 0. The number of hydrogen-bond donors (Lipinski definition) is 0. The van der Waals surface area contributed by atoms with E-state index in [9.17, 15) is 4.57 Å². The van der Waals surface area contributed by atoms with E-state index in [1.165, 1.54) is 5.39 Å². The van der Waals surface area contributed by atoms with Crippen molar-refractivity contribution >= 4 is 44.7 Å². The van der Waals surface area contributed by atoms with Gasteiger partial charge < -0.3 is 4.57 Å². The second kappa shape index (κ2) is 12.9. The van der Waals surface area contributed by atoms with Gasteiger partial charge in [-0.2, -0.15) is 5.10 Å². The quantitative estimate of drug-likeness (QED) is 0.158. The van der Waals surface area contributed by atoms with Gasteiger partial charge in [0.05, 0.1) is 11.2 Å². The van der Waals surface area contributed by atoms with Crippen LogP contribution in [0.3, 0.4) is 0 Å². The van der Waals surface area contributed by atoms with E-state index < -0.39 is 7.14 Å². The lowest BCUT2D eigenvalue weighted by molar-refractivity contribution is 0.592. The highest BCUT2D eigenvalue weighted by atomic mass is 31.2. The molecule has 0 saturated carbocycles. The fourth-order valence-electron chi connectivity index (χ4n) is 7.20. The first-order chi connectivity index (χ1) is 25.2. The number of aromatic nitrogens is 2. The molecule has 0 spiro atoms. The van der Waals surface area contributed by atoms with Crippen molar-refractivity contribution in [2.24, 2.45) is 0 Å². The average Bonchev–Trinajstić information content (AvgIpc) is 3.63. The predicted molar refractivity (Wildman–Crippen MR) is 214 cm³/mol. The van der Waals surface area contributed by atoms with Crippen LogP contribution in [0.5, 0.6) is 0 Å². The van der Waals surface area contributed by atoms with E-state index in [1.807, 2.05) is 78.9 Å². The Balaban J connectivity index is 1.16. The van der Waals surface area contributed by atoms with Gasteiger partial charge in [-0.05, 0) is 45.8 Å². The smallest absolute Gasteiger partial charge is 0.171 e. The summed E-state index contributed by atoms with van der Waals surface area (Å²) in [5.74, 6) is 0. The summed E-state index contributed by atoms with van der Waals surface area (Å²) in [6.45, 7) is 0. The van der Waals surface area contributed by atoms with Crippen LogP contribution >= 0.6 is 7.14 Å². The second-order valence-corrected chi connectivity index (χ2v) is 15.5. The van der Waals surface area contributed by atoms with E-state index in [1.54, 1.807) is 0 Å². The van der Waals surface area contributed by atoms with Gasteiger partial charge in [-0.25, -0.2) is 4.68 Å². The molecule has 242 valence electrons. The molecular formula is C47H33N2OP. The summed E-state index contributed by atoms with van der Waals surface area (Å²) in [6.07, 6.45) is 0. The van der Waals surface area contributed by atoms with Crippen LogP contribution in [-0.2, 0) is 4.57 Å². The van der Waals surface area contributed by atoms with Crippen LogP contribution in [0.15, 0.2) is 200 Å². The van der Waals surface area contributed by atoms with Crippen LogP contribution in [-0.4, -0.2) is 9.78 Å². The highest BCUT2D eigenvalue weighted by Gasteiger charge is 2.29. The van der Waals surface area contributed by atoms with E-state index in [2.05, 4.69) is 126 Å². The molecule has 1 heterocycles. The molecule has 0 atom stereocenters. The third-order valence-electron chi connectivity index (χ3n) is 9.72. The van der Waals surface area contributed by atoms with Crippen molar-refractivity contribution in [3.05, 3.63) is 200 Å². The standard InChI is InChI=1S/C47H33N2OP/c50-51(40-20-9-3-10-21-40,41-22-11-4-12-23-41)42-31-27-35(28-32-42)34-25-29-39(30-26-34)49-47-43-24-14-13-19-38(43)33-44(36-15-5-1-6-16-36)45(47)46(48-49)37-17-7-2-8-18-37/h1-33H. The lowest BCUT2D eigenvalue weighted by atomic mass is 9.94. The molecular weight excluding hydrogens is 640 g/mol. The summed E-state index contributed by atoms with van der Waals surface area (Å²) in [4.78, 5) is 0. The van der Waals surface area contributed by atoms with E-state index in [0.29, 0.717) is 0 Å². The highest BCUT2D eigenvalue weighted by Crippen LogP contribution is 2.43. The lowest BCUT2D eigenvalue weighted by Crippen LogP contribution is -2.24. The summed E-state index contributed by atoms with van der Waals surface area (Å²) < 4.78 is 17.0. The van der Waals surface area contributed by atoms with E-state index in [0.717, 1.165) is 71.4 Å². The summed E-state index contributed by atoms with van der Waals surface area (Å²) in [5, 5.41) is 11.3. The maximum absolute atomic E-state index is 14.9. The molecule has 4 heteroatoms. The van der Waals surface area contributed by atoms with Gasteiger partial charge in [-0.15, -0.1) is 0 Å². The number of benzene rings is 8. The Morgan fingerprint density at radius 1 is 0.431 bits per heavy atom. The Kier molecular flexibility index (Phi) is 7.76. The number of nitrogens with zero attached hydrogens (tertiary/aromatic N) is 2. The van der Waals surface area contributed by atoms with Crippen LogP contribution in [0.2, 0.25) is 0 Å². The maximum Gasteiger partial charge on any atom is 0.171 e. The molecule has 0 aliphatic heterocycles. The molecule has 0 N–H and O–H groups in total. The van der Waals surface area contributed by atoms with Crippen LogP contribution in [0.1, 0.15) is 0 Å². The van der Waals surface area contributed by atoms with Crippen molar-refractivity contribution in [2.75, 3.05) is 0 Å². The van der Waals surface area contributed by atoms with Gasteiger partial charge in [0.25, 0.3) is 0 Å². The Morgan fingerprint density at radius 3 is 1.49 bits per heavy atom. The summed E-state index contributed by atoms with van der Waals surface area (Å²) in [7, 11) is -3.04. The lowest BCUT2D eigenvalue weighted by Gasteiger charge is -2.20. The van der Waals surface area contributed by atoms with Crippen molar-refractivity contribution < 1.29 is 4.57 Å². The van der Waals surface area contributed by atoms with Crippen molar-refractivity contribution in [3.63, 3.8) is 0 Å². The highest BCUT2D eigenvalue weighted by molar-refractivity contribution is 7.85. The summed E-state index contributed by atoms with van der Waals surface area (Å²) in [5.41, 5.74) is 8.56. The van der Waals surface area contributed by atoms with Gasteiger partial charge >= 0.3 is 0 Å². The maximum atomic E-state index is 14.9. The molecule has 0 aliphatic carbocycles. The average molecular weight is 673 g/mol. The minimum atomic E-state index is -3.04. The molecule has 8 aromatic carbocycles. The topological polar surface area (TPSA) is 34.9 Å². The van der Waals surface area contributed by atoms with E-state index in [-0.39, 0.29) is 0 Å². The molecule has 0 unspecified atom stereocenters. The normalized spacial score (nSPS) is 11.6. The first-order valence-corrected chi connectivity index (χ1v) is 18.9. The first-order valence-electron chi connectivity index (χ1n) is 17.2. The molecule has 9 aromatic rings. The fraction of sp³-hybridized carbons (Fsp3) is 0. The third-order valence-corrected chi connectivity index (χ3v) is 12.8. The van der Waals surface area contributed by atoms with Crippen LogP contribution in [0.25, 0.3) is 60.9 Å². The van der Waals surface area contributed by atoms with Gasteiger partial charge in [0.15, 0.2) is 7.14 Å². The molecule has 0 amide bonds. The molecule has 0 fully saturated rings. The van der Waals surface area contributed by atoms with Crippen molar-refractivity contribution in [1.82, 2.24) is 9.78 Å². The van der Waals surface area contributed by atoms with Gasteiger partial charge in [-0.3, -0.25) is 0 Å². The Morgan fingerprint density at radius 2 is 0.902 bits per heavy atom. The Labute approximate surface area is 297 Å². The zero-order chi connectivity index (χ0) is 34.2.